The molecule has 7 nitrogen and oxygen atoms in total. The number of nitrogens with zero attached hydrogens (tertiary/aromatic N) is 2. The minimum absolute atomic E-state index is 0.0306. The van der Waals surface area contributed by atoms with E-state index in [2.05, 4.69) is 32.6 Å². The molecule has 1 aliphatic heterocycles. The zero-order valence-corrected chi connectivity index (χ0v) is 15.2. The first kappa shape index (κ1) is 19.1. The third-order valence-corrected chi connectivity index (χ3v) is 4.07. The number of carbonyl (C=O) groups excluding carboxylic acids is 2. The smallest absolute Gasteiger partial charge is 0.239 e. The molecule has 0 spiro atoms. The molecule has 1 fully saturated rings. The van der Waals surface area contributed by atoms with Gasteiger partial charge in [0, 0.05) is 37.9 Å². The van der Waals surface area contributed by atoms with Gasteiger partial charge >= 0.3 is 0 Å². The summed E-state index contributed by atoms with van der Waals surface area (Å²) in [5.41, 5.74) is 1.16. The van der Waals surface area contributed by atoms with E-state index in [4.69, 9.17) is 4.74 Å². The lowest BCUT2D eigenvalue weighted by molar-refractivity contribution is -0.127. The van der Waals surface area contributed by atoms with Crippen molar-refractivity contribution in [2.24, 2.45) is 0 Å². The van der Waals surface area contributed by atoms with Crippen LogP contribution < -0.4 is 20.3 Å². The molecule has 7 heteroatoms. The van der Waals surface area contributed by atoms with Crippen LogP contribution >= 0.6 is 0 Å². The van der Waals surface area contributed by atoms with Crippen LogP contribution in [0.5, 0.6) is 5.75 Å². The van der Waals surface area contributed by atoms with E-state index >= 15 is 0 Å². The summed E-state index contributed by atoms with van der Waals surface area (Å²) in [6.45, 7) is 7.51. The number of nitrogens with one attached hydrogen (secondary N) is 2. The van der Waals surface area contributed by atoms with Gasteiger partial charge in [0.1, 0.15) is 5.75 Å². The molecule has 138 valence electrons. The second kappa shape index (κ2) is 9.27. The SMILES string of the molecule is COc1ccc(N2CCN(CC(=O)NCC(=O)NC(C)C)CC2)cc1. The molecular weight excluding hydrogens is 320 g/mol. The van der Waals surface area contributed by atoms with Gasteiger partial charge < -0.3 is 20.3 Å². The first-order chi connectivity index (χ1) is 12.0. The molecule has 1 aliphatic rings. The number of hydrogen-bond donors (Lipinski definition) is 2. The number of rotatable bonds is 7. The molecule has 1 heterocycles. The highest BCUT2D eigenvalue weighted by atomic mass is 16.5. The van der Waals surface area contributed by atoms with Gasteiger partial charge in [-0.15, -0.1) is 0 Å². The molecule has 0 aliphatic carbocycles. The molecule has 0 saturated carbocycles. The molecule has 2 amide bonds. The van der Waals surface area contributed by atoms with E-state index in [1.54, 1.807) is 7.11 Å². The quantitative estimate of drug-likeness (QED) is 0.749. The summed E-state index contributed by atoms with van der Waals surface area (Å²) in [6.07, 6.45) is 0. The van der Waals surface area contributed by atoms with Crippen molar-refractivity contribution < 1.29 is 14.3 Å². The van der Waals surface area contributed by atoms with E-state index in [-0.39, 0.29) is 24.4 Å². The highest BCUT2D eigenvalue weighted by Crippen LogP contribution is 2.20. The average Bonchev–Trinajstić information content (AvgIpc) is 2.60. The molecule has 0 unspecified atom stereocenters. The van der Waals surface area contributed by atoms with Crippen LogP contribution in [0.4, 0.5) is 5.69 Å². The topological polar surface area (TPSA) is 73.9 Å². The second-order valence-corrected chi connectivity index (χ2v) is 6.46. The number of ether oxygens (including phenoxy) is 1. The molecule has 0 atom stereocenters. The van der Waals surface area contributed by atoms with E-state index in [1.165, 1.54) is 0 Å². The molecule has 0 bridgehead atoms. The molecule has 2 rings (SSSR count). The fourth-order valence-corrected chi connectivity index (χ4v) is 2.77. The zero-order valence-electron chi connectivity index (χ0n) is 15.2. The van der Waals surface area contributed by atoms with Gasteiger partial charge in [-0.3, -0.25) is 14.5 Å². The van der Waals surface area contributed by atoms with Gasteiger partial charge in [-0.1, -0.05) is 0 Å². The summed E-state index contributed by atoms with van der Waals surface area (Å²) in [5.74, 6) is 0.574. The van der Waals surface area contributed by atoms with Crippen LogP contribution in [0.1, 0.15) is 13.8 Å². The van der Waals surface area contributed by atoms with Crippen LogP contribution in [0.25, 0.3) is 0 Å². The van der Waals surface area contributed by atoms with Crippen LogP contribution in [0.15, 0.2) is 24.3 Å². The fraction of sp³-hybridized carbons (Fsp3) is 0.556. The largest absolute Gasteiger partial charge is 0.497 e. The Morgan fingerprint density at radius 2 is 1.72 bits per heavy atom. The van der Waals surface area contributed by atoms with Gasteiger partial charge in [-0.25, -0.2) is 0 Å². The molecule has 2 N–H and O–H groups in total. The number of carbonyl (C=O) groups is 2. The van der Waals surface area contributed by atoms with Gasteiger partial charge in [0.05, 0.1) is 20.2 Å². The standard InChI is InChI=1S/C18H28N4O3/c1-14(2)20-17(23)12-19-18(24)13-21-8-10-22(11-9-21)15-4-6-16(25-3)7-5-15/h4-7,14H,8-13H2,1-3H3,(H,19,24)(H,20,23). The monoisotopic (exact) mass is 348 g/mol. The Labute approximate surface area is 149 Å². The van der Waals surface area contributed by atoms with Crippen molar-refractivity contribution in [2.75, 3.05) is 51.3 Å². The Hall–Kier alpha value is -2.28. The van der Waals surface area contributed by atoms with Crippen LogP contribution in [-0.4, -0.2) is 69.1 Å². The molecule has 1 saturated heterocycles. The Bertz CT molecular complexity index is 566. The van der Waals surface area contributed by atoms with Gasteiger partial charge in [-0.05, 0) is 38.1 Å². The molecule has 1 aromatic carbocycles. The van der Waals surface area contributed by atoms with Crippen molar-refractivity contribution in [1.29, 1.82) is 0 Å². The zero-order chi connectivity index (χ0) is 18.2. The number of hydrogen-bond acceptors (Lipinski definition) is 5. The number of benzene rings is 1. The van der Waals surface area contributed by atoms with Gasteiger partial charge in [0.25, 0.3) is 0 Å². The Balaban J connectivity index is 1.70. The summed E-state index contributed by atoms with van der Waals surface area (Å²) < 4.78 is 5.18. The van der Waals surface area contributed by atoms with E-state index < -0.39 is 0 Å². The molecule has 0 radical (unpaired) electrons. The first-order valence-corrected chi connectivity index (χ1v) is 8.65. The van der Waals surface area contributed by atoms with Crippen molar-refractivity contribution >= 4 is 17.5 Å². The summed E-state index contributed by atoms with van der Waals surface area (Å²) in [7, 11) is 1.66. The van der Waals surface area contributed by atoms with E-state index in [9.17, 15) is 9.59 Å². The summed E-state index contributed by atoms with van der Waals surface area (Å²) >= 11 is 0. The van der Waals surface area contributed by atoms with E-state index in [1.807, 2.05) is 26.0 Å². The summed E-state index contributed by atoms with van der Waals surface area (Å²) in [4.78, 5) is 27.9. The van der Waals surface area contributed by atoms with Crippen molar-refractivity contribution in [3.8, 4) is 5.75 Å². The van der Waals surface area contributed by atoms with Gasteiger partial charge in [-0.2, -0.15) is 0 Å². The lowest BCUT2D eigenvalue weighted by Gasteiger charge is -2.35. The van der Waals surface area contributed by atoms with E-state index in [0.29, 0.717) is 6.54 Å². The second-order valence-electron chi connectivity index (χ2n) is 6.46. The Kier molecular flexibility index (Phi) is 7.06. The van der Waals surface area contributed by atoms with Crippen molar-refractivity contribution in [2.45, 2.75) is 19.9 Å². The first-order valence-electron chi connectivity index (χ1n) is 8.65. The minimum Gasteiger partial charge on any atom is -0.497 e. The van der Waals surface area contributed by atoms with Crippen LogP contribution in [0, 0.1) is 0 Å². The van der Waals surface area contributed by atoms with Gasteiger partial charge in [0.15, 0.2) is 0 Å². The third kappa shape index (κ3) is 6.26. The third-order valence-electron chi connectivity index (χ3n) is 4.07. The predicted molar refractivity (Wildman–Crippen MR) is 97.9 cm³/mol. The molecule has 0 aromatic heterocycles. The number of amides is 2. The molecule has 25 heavy (non-hydrogen) atoms. The minimum atomic E-state index is -0.160. The van der Waals surface area contributed by atoms with Crippen molar-refractivity contribution in [3.05, 3.63) is 24.3 Å². The maximum absolute atomic E-state index is 12.0. The molecule has 1 aromatic rings. The lowest BCUT2D eigenvalue weighted by atomic mass is 10.2. The number of anilines is 1. The van der Waals surface area contributed by atoms with Crippen molar-refractivity contribution in [1.82, 2.24) is 15.5 Å². The maximum Gasteiger partial charge on any atom is 0.239 e. The van der Waals surface area contributed by atoms with Crippen LogP contribution in [-0.2, 0) is 9.59 Å². The van der Waals surface area contributed by atoms with Crippen molar-refractivity contribution in [3.63, 3.8) is 0 Å². The maximum atomic E-state index is 12.0. The summed E-state index contributed by atoms with van der Waals surface area (Å²) in [6, 6.07) is 8.09. The van der Waals surface area contributed by atoms with Gasteiger partial charge in [0.2, 0.25) is 11.8 Å². The van der Waals surface area contributed by atoms with Crippen LogP contribution in [0.3, 0.4) is 0 Å². The summed E-state index contributed by atoms with van der Waals surface area (Å²) in [5, 5.41) is 5.42. The number of methoxy groups -OCH3 is 1. The van der Waals surface area contributed by atoms with E-state index in [0.717, 1.165) is 37.6 Å². The lowest BCUT2D eigenvalue weighted by Crippen LogP contribution is -2.50. The number of piperazine rings is 1. The average molecular weight is 348 g/mol. The normalized spacial score (nSPS) is 15.1. The highest BCUT2D eigenvalue weighted by molar-refractivity contribution is 5.85. The Morgan fingerprint density at radius 3 is 2.28 bits per heavy atom. The predicted octanol–water partition coefficient (Wildman–Crippen LogP) is 0.458. The Morgan fingerprint density at radius 1 is 1.08 bits per heavy atom. The molecular formula is C18H28N4O3. The highest BCUT2D eigenvalue weighted by Gasteiger charge is 2.19. The fourth-order valence-electron chi connectivity index (χ4n) is 2.77. The van der Waals surface area contributed by atoms with Crippen LogP contribution in [0.2, 0.25) is 0 Å².